The lowest BCUT2D eigenvalue weighted by Gasteiger charge is -2.10. The van der Waals surface area contributed by atoms with Crippen molar-refractivity contribution in [1.82, 2.24) is 9.55 Å². The standard InChI is InChI=1S/C8H6Cl3N3O5/c9-8(10,11)19-7(16)2-1-6(15)13-4-12-3-5(13)14(17)18/h3-4H,1-2H2. The van der Waals surface area contributed by atoms with Crippen LogP contribution >= 0.6 is 34.8 Å². The van der Waals surface area contributed by atoms with Crippen LogP contribution in [0.15, 0.2) is 12.5 Å². The molecule has 0 radical (unpaired) electrons. The van der Waals surface area contributed by atoms with Gasteiger partial charge in [-0.15, -0.1) is 4.57 Å². The summed E-state index contributed by atoms with van der Waals surface area (Å²) in [6, 6.07) is 0. The van der Waals surface area contributed by atoms with Gasteiger partial charge in [0.2, 0.25) is 0 Å². The van der Waals surface area contributed by atoms with Gasteiger partial charge in [-0.2, -0.15) is 0 Å². The molecule has 0 aliphatic heterocycles. The van der Waals surface area contributed by atoms with Crippen LogP contribution in [0.2, 0.25) is 0 Å². The van der Waals surface area contributed by atoms with E-state index in [1.807, 2.05) is 0 Å². The van der Waals surface area contributed by atoms with E-state index in [4.69, 9.17) is 34.8 Å². The summed E-state index contributed by atoms with van der Waals surface area (Å²) in [5, 5.41) is 10.6. The van der Waals surface area contributed by atoms with E-state index in [0.29, 0.717) is 4.57 Å². The fraction of sp³-hybridized carbons (Fsp3) is 0.375. The van der Waals surface area contributed by atoms with Crippen molar-refractivity contribution in [3.8, 4) is 0 Å². The maximum Gasteiger partial charge on any atom is 0.350 e. The van der Waals surface area contributed by atoms with E-state index in [2.05, 4.69) is 9.72 Å². The lowest BCUT2D eigenvalue weighted by atomic mass is 10.3. The zero-order valence-corrected chi connectivity index (χ0v) is 11.4. The quantitative estimate of drug-likeness (QED) is 0.362. The molecule has 0 amide bonds. The monoisotopic (exact) mass is 329 g/mol. The van der Waals surface area contributed by atoms with E-state index in [9.17, 15) is 19.7 Å². The smallest absolute Gasteiger partial charge is 0.350 e. The second-order valence-electron chi connectivity index (χ2n) is 3.19. The highest BCUT2D eigenvalue weighted by atomic mass is 35.6. The number of alkyl halides is 3. The van der Waals surface area contributed by atoms with Crippen LogP contribution in [0.25, 0.3) is 0 Å². The van der Waals surface area contributed by atoms with Gasteiger partial charge in [0, 0.05) is 0 Å². The van der Waals surface area contributed by atoms with Crippen molar-refractivity contribution in [2.75, 3.05) is 0 Å². The van der Waals surface area contributed by atoms with Gasteiger partial charge in [-0.25, -0.2) is 9.78 Å². The highest BCUT2D eigenvalue weighted by Gasteiger charge is 2.27. The summed E-state index contributed by atoms with van der Waals surface area (Å²) in [6.07, 6.45) is 1.15. The average Bonchev–Trinajstić information content (AvgIpc) is 2.72. The van der Waals surface area contributed by atoms with Gasteiger partial charge < -0.3 is 14.9 Å². The minimum atomic E-state index is -2.21. The number of imidazole rings is 1. The first-order valence-electron chi connectivity index (χ1n) is 4.69. The van der Waals surface area contributed by atoms with Gasteiger partial charge in [-0.1, -0.05) is 0 Å². The van der Waals surface area contributed by atoms with Crippen molar-refractivity contribution < 1.29 is 19.2 Å². The zero-order valence-electron chi connectivity index (χ0n) is 9.09. The van der Waals surface area contributed by atoms with E-state index in [0.717, 1.165) is 12.5 Å². The van der Waals surface area contributed by atoms with Crippen LogP contribution in [0, 0.1) is 10.1 Å². The summed E-state index contributed by atoms with van der Waals surface area (Å²) in [6.45, 7) is 0. The van der Waals surface area contributed by atoms with Gasteiger partial charge in [0.1, 0.15) is 6.20 Å². The number of rotatable bonds is 4. The molecular formula is C8H6Cl3N3O5. The number of hydrogen-bond acceptors (Lipinski definition) is 6. The van der Waals surface area contributed by atoms with Crippen molar-refractivity contribution in [2.45, 2.75) is 16.8 Å². The minimum Gasteiger partial charge on any atom is -0.415 e. The van der Waals surface area contributed by atoms with Crippen LogP contribution in [0.3, 0.4) is 0 Å². The average molecular weight is 331 g/mol. The predicted molar refractivity (Wildman–Crippen MR) is 65.1 cm³/mol. The Morgan fingerprint density at radius 2 is 2.05 bits per heavy atom. The van der Waals surface area contributed by atoms with Crippen LogP contribution < -0.4 is 0 Å². The molecule has 0 aliphatic rings. The van der Waals surface area contributed by atoms with Gasteiger partial charge in [0.25, 0.3) is 0 Å². The number of esters is 1. The first kappa shape index (κ1) is 15.7. The van der Waals surface area contributed by atoms with Gasteiger partial charge in [-0.3, -0.25) is 4.79 Å². The molecule has 19 heavy (non-hydrogen) atoms. The van der Waals surface area contributed by atoms with E-state index in [1.165, 1.54) is 0 Å². The third-order valence-electron chi connectivity index (χ3n) is 1.85. The molecule has 0 saturated heterocycles. The van der Waals surface area contributed by atoms with Gasteiger partial charge in [0.15, 0.2) is 6.33 Å². The molecule has 1 aromatic heterocycles. The van der Waals surface area contributed by atoms with Crippen LogP contribution in [-0.4, -0.2) is 30.3 Å². The van der Waals surface area contributed by atoms with Gasteiger partial charge in [-0.05, 0) is 39.7 Å². The Morgan fingerprint density at radius 3 is 2.58 bits per heavy atom. The Bertz CT molecular complexity index is 510. The lowest BCUT2D eigenvalue weighted by molar-refractivity contribution is -0.390. The molecule has 0 atom stereocenters. The highest BCUT2D eigenvalue weighted by molar-refractivity contribution is 6.66. The largest absolute Gasteiger partial charge is 0.415 e. The van der Waals surface area contributed by atoms with Crippen LogP contribution in [0.5, 0.6) is 0 Å². The molecular weight excluding hydrogens is 324 g/mol. The van der Waals surface area contributed by atoms with Crippen LogP contribution in [0.4, 0.5) is 5.82 Å². The Kier molecular flexibility index (Phi) is 5.10. The molecule has 11 heteroatoms. The highest BCUT2D eigenvalue weighted by Crippen LogP contribution is 2.28. The molecule has 0 aliphatic carbocycles. The second kappa shape index (κ2) is 6.18. The van der Waals surface area contributed by atoms with E-state index >= 15 is 0 Å². The summed E-state index contributed by atoms with van der Waals surface area (Å²) in [5.74, 6) is -2.12. The summed E-state index contributed by atoms with van der Waals surface area (Å²) >= 11 is 15.6. The molecule has 8 nitrogen and oxygen atoms in total. The van der Waals surface area contributed by atoms with E-state index in [1.54, 1.807) is 0 Å². The molecule has 104 valence electrons. The maximum absolute atomic E-state index is 11.6. The molecule has 0 spiro atoms. The fourth-order valence-electron chi connectivity index (χ4n) is 1.12. The first-order chi connectivity index (χ1) is 8.70. The number of hydrogen-bond donors (Lipinski definition) is 0. The van der Waals surface area contributed by atoms with Gasteiger partial charge in [0.05, 0.1) is 12.8 Å². The minimum absolute atomic E-state index is 0.350. The molecule has 0 unspecified atom stereocenters. The van der Waals surface area contributed by atoms with Crippen molar-refractivity contribution in [1.29, 1.82) is 0 Å². The molecule has 0 saturated carbocycles. The SMILES string of the molecule is O=C(CCC(=O)n1cncc1[N+](=O)[O-])OC(Cl)(Cl)Cl. The number of nitro groups is 1. The van der Waals surface area contributed by atoms with Crippen molar-refractivity contribution in [3.05, 3.63) is 22.6 Å². The second-order valence-corrected chi connectivity index (χ2v) is 5.37. The summed E-state index contributed by atoms with van der Waals surface area (Å²) in [7, 11) is 0. The topological polar surface area (TPSA) is 104 Å². The third-order valence-corrected chi connectivity index (χ3v) is 2.08. The summed E-state index contributed by atoms with van der Waals surface area (Å²) in [5.41, 5.74) is 0. The fourth-order valence-corrected chi connectivity index (χ4v) is 1.38. The van der Waals surface area contributed by atoms with E-state index < -0.39 is 26.6 Å². The normalized spacial score (nSPS) is 11.1. The van der Waals surface area contributed by atoms with Crippen LogP contribution in [-0.2, 0) is 9.53 Å². The van der Waals surface area contributed by atoms with Gasteiger partial charge >= 0.3 is 21.7 Å². The first-order valence-corrected chi connectivity index (χ1v) is 5.82. The van der Waals surface area contributed by atoms with Crippen LogP contribution in [0.1, 0.15) is 17.6 Å². The number of nitrogens with zero attached hydrogens (tertiary/aromatic N) is 3. The molecule has 1 heterocycles. The molecule has 0 bridgehead atoms. The number of aromatic nitrogens is 2. The Labute approximate surface area is 121 Å². The van der Waals surface area contributed by atoms with Crippen molar-refractivity contribution in [3.63, 3.8) is 0 Å². The van der Waals surface area contributed by atoms with E-state index in [-0.39, 0.29) is 12.8 Å². The van der Waals surface area contributed by atoms with Crippen molar-refractivity contribution in [2.24, 2.45) is 0 Å². The van der Waals surface area contributed by atoms with Crippen molar-refractivity contribution >= 4 is 52.5 Å². The number of carbonyl (C=O) groups is 2. The number of carbonyl (C=O) groups excluding carboxylic acids is 2. The molecule has 0 fully saturated rings. The summed E-state index contributed by atoms with van der Waals surface area (Å²) < 4.78 is 2.83. The third kappa shape index (κ3) is 5.01. The number of ether oxygens (including phenoxy) is 1. The predicted octanol–water partition coefficient (Wildman–Crippen LogP) is 2.08. The molecule has 1 rings (SSSR count). The maximum atomic E-state index is 11.6. The Balaban J connectivity index is 2.59. The Morgan fingerprint density at radius 1 is 1.42 bits per heavy atom. The zero-order chi connectivity index (χ0) is 14.6. The Hall–Kier alpha value is -1.38. The molecule has 1 aromatic rings. The lowest BCUT2D eigenvalue weighted by Crippen LogP contribution is -2.19. The summed E-state index contributed by atoms with van der Waals surface area (Å²) in [4.78, 5) is 36.0. The molecule has 0 N–H and O–H groups in total. The number of halogens is 3. The molecule has 0 aromatic carbocycles.